The van der Waals surface area contributed by atoms with Crippen LogP contribution in [0.15, 0.2) is 18.2 Å². The van der Waals surface area contributed by atoms with Crippen molar-refractivity contribution in [3.05, 3.63) is 35.4 Å². The van der Waals surface area contributed by atoms with Crippen LogP contribution in [0.5, 0.6) is 0 Å². The lowest BCUT2D eigenvalue weighted by Gasteiger charge is -2.33. The third-order valence-electron chi connectivity index (χ3n) is 3.58. The molecule has 0 spiro atoms. The van der Waals surface area contributed by atoms with E-state index < -0.39 is 17.2 Å². The smallest absolute Gasteiger partial charge is 0.126 e. The van der Waals surface area contributed by atoms with E-state index in [4.69, 9.17) is 0 Å². The molecule has 0 heterocycles. The van der Waals surface area contributed by atoms with Gasteiger partial charge >= 0.3 is 0 Å². The monoisotopic (exact) mass is 255 g/mol. The molecular formula is C14H19F2NO. The first-order valence-electron chi connectivity index (χ1n) is 6.35. The third-order valence-corrected chi connectivity index (χ3v) is 3.58. The minimum absolute atomic E-state index is 0.316. The highest BCUT2D eigenvalue weighted by Crippen LogP contribution is 2.27. The number of hydrogen-bond donors (Lipinski definition) is 2. The van der Waals surface area contributed by atoms with Crippen molar-refractivity contribution in [2.24, 2.45) is 0 Å². The summed E-state index contributed by atoms with van der Waals surface area (Å²) in [6.45, 7) is 2.31. The van der Waals surface area contributed by atoms with E-state index in [9.17, 15) is 13.9 Å². The summed E-state index contributed by atoms with van der Waals surface area (Å²) < 4.78 is 26.0. The highest BCUT2D eigenvalue weighted by molar-refractivity contribution is 5.17. The SMILES string of the molecule is CC1(O)CCC(NCc2cc(F)cc(F)c2)CC1. The maximum Gasteiger partial charge on any atom is 0.126 e. The number of hydrogen-bond acceptors (Lipinski definition) is 2. The van der Waals surface area contributed by atoms with E-state index in [-0.39, 0.29) is 0 Å². The summed E-state index contributed by atoms with van der Waals surface area (Å²) in [5, 5.41) is 13.1. The van der Waals surface area contributed by atoms with Gasteiger partial charge in [0.15, 0.2) is 0 Å². The molecule has 0 atom stereocenters. The zero-order valence-electron chi connectivity index (χ0n) is 10.5. The molecule has 1 aromatic rings. The second-order valence-electron chi connectivity index (χ2n) is 5.43. The molecule has 100 valence electrons. The minimum Gasteiger partial charge on any atom is -0.390 e. The second kappa shape index (κ2) is 5.33. The van der Waals surface area contributed by atoms with Crippen molar-refractivity contribution in [3.63, 3.8) is 0 Å². The summed E-state index contributed by atoms with van der Waals surface area (Å²) in [6.07, 6.45) is 3.32. The quantitative estimate of drug-likeness (QED) is 0.870. The molecule has 0 radical (unpaired) electrons. The van der Waals surface area contributed by atoms with Crippen LogP contribution in [0.2, 0.25) is 0 Å². The van der Waals surface area contributed by atoms with Gasteiger partial charge in [-0.3, -0.25) is 0 Å². The Hall–Kier alpha value is -1.00. The summed E-state index contributed by atoms with van der Waals surface area (Å²) >= 11 is 0. The summed E-state index contributed by atoms with van der Waals surface area (Å²) in [5.41, 5.74) is 0.0631. The summed E-state index contributed by atoms with van der Waals surface area (Å²) in [6, 6.07) is 3.88. The second-order valence-corrected chi connectivity index (χ2v) is 5.43. The van der Waals surface area contributed by atoms with E-state index in [0.717, 1.165) is 31.7 Å². The number of nitrogens with one attached hydrogen (secondary N) is 1. The summed E-state index contributed by atoms with van der Waals surface area (Å²) in [4.78, 5) is 0. The summed E-state index contributed by atoms with van der Waals surface area (Å²) in [5.74, 6) is -1.09. The summed E-state index contributed by atoms with van der Waals surface area (Å²) in [7, 11) is 0. The van der Waals surface area contributed by atoms with Gasteiger partial charge in [-0.15, -0.1) is 0 Å². The van der Waals surface area contributed by atoms with Crippen LogP contribution in [0.3, 0.4) is 0 Å². The molecule has 0 amide bonds. The number of benzene rings is 1. The Morgan fingerprint density at radius 3 is 2.33 bits per heavy atom. The lowest BCUT2D eigenvalue weighted by molar-refractivity contribution is 0.0140. The molecule has 1 fully saturated rings. The van der Waals surface area contributed by atoms with Crippen LogP contribution in [0.4, 0.5) is 8.78 Å². The van der Waals surface area contributed by atoms with Gasteiger partial charge in [0.2, 0.25) is 0 Å². The van der Waals surface area contributed by atoms with Crippen molar-refractivity contribution in [2.75, 3.05) is 0 Å². The maximum atomic E-state index is 13.0. The van der Waals surface area contributed by atoms with Crippen LogP contribution in [-0.2, 0) is 6.54 Å². The fourth-order valence-corrected chi connectivity index (χ4v) is 2.42. The highest BCUT2D eigenvalue weighted by atomic mass is 19.1. The topological polar surface area (TPSA) is 32.3 Å². The molecule has 0 saturated heterocycles. The lowest BCUT2D eigenvalue weighted by Crippen LogP contribution is -2.39. The van der Waals surface area contributed by atoms with Gasteiger partial charge in [0.05, 0.1) is 5.60 Å². The van der Waals surface area contributed by atoms with Crippen molar-refractivity contribution in [3.8, 4) is 0 Å². The Kier molecular flexibility index (Phi) is 3.97. The molecule has 1 aliphatic rings. The van der Waals surface area contributed by atoms with Crippen LogP contribution in [0.1, 0.15) is 38.2 Å². The first-order chi connectivity index (χ1) is 8.44. The zero-order valence-corrected chi connectivity index (χ0v) is 10.5. The third kappa shape index (κ3) is 3.75. The molecule has 2 rings (SSSR count). The average molecular weight is 255 g/mol. The van der Waals surface area contributed by atoms with Gasteiger partial charge in [0.1, 0.15) is 11.6 Å². The van der Waals surface area contributed by atoms with Gasteiger partial charge in [0, 0.05) is 18.7 Å². The zero-order chi connectivity index (χ0) is 13.2. The molecule has 2 nitrogen and oxygen atoms in total. The Morgan fingerprint density at radius 1 is 1.22 bits per heavy atom. The Morgan fingerprint density at radius 2 is 1.78 bits per heavy atom. The predicted octanol–water partition coefficient (Wildman–Crippen LogP) is 2.75. The standard InChI is InChI=1S/C14H19F2NO/c1-14(18)4-2-13(3-5-14)17-9-10-6-11(15)8-12(16)7-10/h6-8,13,17-18H,2-5,9H2,1H3. The van der Waals surface area contributed by atoms with Crippen LogP contribution < -0.4 is 5.32 Å². The van der Waals surface area contributed by atoms with Crippen LogP contribution >= 0.6 is 0 Å². The first-order valence-corrected chi connectivity index (χ1v) is 6.35. The molecule has 1 aromatic carbocycles. The molecule has 2 N–H and O–H groups in total. The van der Waals surface area contributed by atoms with Gasteiger partial charge < -0.3 is 10.4 Å². The molecule has 0 aromatic heterocycles. The van der Waals surface area contributed by atoms with Gasteiger partial charge in [0.25, 0.3) is 0 Å². The molecule has 1 saturated carbocycles. The molecule has 0 bridgehead atoms. The lowest BCUT2D eigenvalue weighted by atomic mass is 9.83. The Balaban J connectivity index is 1.85. The molecular weight excluding hydrogens is 236 g/mol. The first kappa shape index (κ1) is 13.4. The normalized spacial score (nSPS) is 28.3. The van der Waals surface area contributed by atoms with E-state index in [0.29, 0.717) is 18.2 Å². The van der Waals surface area contributed by atoms with Crippen molar-refractivity contribution in [2.45, 2.75) is 50.8 Å². The van der Waals surface area contributed by atoms with Crippen LogP contribution in [0.25, 0.3) is 0 Å². The molecule has 1 aliphatic carbocycles. The van der Waals surface area contributed by atoms with Crippen molar-refractivity contribution in [1.29, 1.82) is 0 Å². The van der Waals surface area contributed by atoms with E-state index in [1.54, 1.807) is 0 Å². The van der Waals surface area contributed by atoms with Gasteiger partial charge in [-0.05, 0) is 50.3 Å². The maximum absolute atomic E-state index is 13.0. The number of halogens is 2. The van der Waals surface area contributed by atoms with E-state index in [1.807, 2.05) is 6.92 Å². The molecule has 4 heteroatoms. The van der Waals surface area contributed by atoms with Crippen molar-refractivity contribution >= 4 is 0 Å². The van der Waals surface area contributed by atoms with E-state index in [2.05, 4.69) is 5.32 Å². The largest absolute Gasteiger partial charge is 0.390 e. The number of rotatable bonds is 3. The fraction of sp³-hybridized carbons (Fsp3) is 0.571. The van der Waals surface area contributed by atoms with Crippen LogP contribution in [0, 0.1) is 11.6 Å². The molecule has 0 unspecified atom stereocenters. The molecule has 0 aliphatic heterocycles. The van der Waals surface area contributed by atoms with Crippen molar-refractivity contribution in [1.82, 2.24) is 5.32 Å². The van der Waals surface area contributed by atoms with Gasteiger partial charge in [-0.1, -0.05) is 0 Å². The average Bonchev–Trinajstić information content (AvgIpc) is 2.26. The van der Waals surface area contributed by atoms with Gasteiger partial charge in [-0.2, -0.15) is 0 Å². The Labute approximate surface area is 106 Å². The molecule has 18 heavy (non-hydrogen) atoms. The van der Waals surface area contributed by atoms with E-state index >= 15 is 0 Å². The van der Waals surface area contributed by atoms with Crippen LogP contribution in [-0.4, -0.2) is 16.7 Å². The minimum atomic E-state index is -0.552. The van der Waals surface area contributed by atoms with E-state index in [1.165, 1.54) is 12.1 Å². The van der Waals surface area contributed by atoms with Crippen molar-refractivity contribution < 1.29 is 13.9 Å². The number of aliphatic hydroxyl groups is 1. The Bertz CT molecular complexity index is 390. The van der Waals surface area contributed by atoms with Gasteiger partial charge in [-0.25, -0.2) is 8.78 Å². The predicted molar refractivity (Wildman–Crippen MR) is 66.1 cm³/mol. The highest BCUT2D eigenvalue weighted by Gasteiger charge is 2.28. The fourth-order valence-electron chi connectivity index (χ4n) is 2.42.